The zero-order chi connectivity index (χ0) is 18.1. The number of aromatic amines is 1. The fraction of sp³-hybridized carbons (Fsp3) is 0.150. The number of benzene rings is 2. The normalized spacial score (nSPS) is 11.1. The number of nitrogens with one attached hydrogen (secondary N) is 2. The Morgan fingerprint density at radius 2 is 1.92 bits per heavy atom. The summed E-state index contributed by atoms with van der Waals surface area (Å²) in [7, 11) is 0. The van der Waals surface area contributed by atoms with Crippen molar-refractivity contribution in [3.8, 4) is 0 Å². The predicted molar refractivity (Wildman–Crippen MR) is 101 cm³/mol. The van der Waals surface area contributed by atoms with Crippen molar-refractivity contribution in [1.82, 2.24) is 19.9 Å². The number of aryl methyl sites for hydroxylation is 1. The molecular weight excluding hydrogens is 328 g/mol. The number of imidazole rings is 1. The number of aromatic nitrogens is 3. The molecule has 0 aliphatic heterocycles. The molecule has 4 aromatic rings. The van der Waals surface area contributed by atoms with Crippen molar-refractivity contribution in [3.63, 3.8) is 0 Å². The van der Waals surface area contributed by atoms with Crippen LogP contribution in [0.2, 0.25) is 0 Å². The SMILES string of the molecule is CCn1c(CNC(=O)c2cc3ccccc3c(=O)[nH]2)nc2ccccc21. The zero-order valence-electron chi connectivity index (χ0n) is 14.3. The number of pyridine rings is 1. The number of nitrogens with zero attached hydrogens (tertiary/aromatic N) is 2. The third kappa shape index (κ3) is 2.75. The first-order valence-electron chi connectivity index (χ1n) is 8.52. The van der Waals surface area contributed by atoms with Crippen LogP contribution >= 0.6 is 0 Å². The Morgan fingerprint density at radius 1 is 1.15 bits per heavy atom. The van der Waals surface area contributed by atoms with Crippen molar-refractivity contribution in [2.24, 2.45) is 0 Å². The molecule has 26 heavy (non-hydrogen) atoms. The van der Waals surface area contributed by atoms with Gasteiger partial charge in [0, 0.05) is 11.9 Å². The van der Waals surface area contributed by atoms with E-state index in [1.54, 1.807) is 18.2 Å². The van der Waals surface area contributed by atoms with E-state index in [-0.39, 0.29) is 23.7 Å². The van der Waals surface area contributed by atoms with Crippen molar-refractivity contribution >= 4 is 27.7 Å². The Kier molecular flexibility index (Phi) is 4.01. The first-order valence-corrected chi connectivity index (χ1v) is 8.52. The summed E-state index contributed by atoms with van der Waals surface area (Å²) in [6.45, 7) is 3.09. The largest absolute Gasteiger partial charge is 0.344 e. The van der Waals surface area contributed by atoms with E-state index in [0.717, 1.165) is 28.8 Å². The number of para-hydroxylation sites is 2. The summed E-state index contributed by atoms with van der Waals surface area (Å²) < 4.78 is 2.07. The quantitative estimate of drug-likeness (QED) is 0.596. The number of amides is 1. The van der Waals surface area contributed by atoms with Gasteiger partial charge in [-0.05, 0) is 36.6 Å². The molecule has 6 nitrogen and oxygen atoms in total. The van der Waals surface area contributed by atoms with Crippen LogP contribution in [0.25, 0.3) is 21.8 Å². The van der Waals surface area contributed by atoms with E-state index in [0.29, 0.717) is 5.39 Å². The van der Waals surface area contributed by atoms with Crippen LogP contribution in [0, 0.1) is 0 Å². The maximum absolute atomic E-state index is 12.5. The van der Waals surface area contributed by atoms with Crippen LogP contribution < -0.4 is 10.9 Å². The van der Waals surface area contributed by atoms with Gasteiger partial charge in [-0.1, -0.05) is 30.3 Å². The Morgan fingerprint density at radius 3 is 2.77 bits per heavy atom. The second-order valence-electron chi connectivity index (χ2n) is 6.04. The summed E-state index contributed by atoms with van der Waals surface area (Å²) in [6.07, 6.45) is 0. The van der Waals surface area contributed by atoms with Crippen molar-refractivity contribution in [2.45, 2.75) is 20.0 Å². The average Bonchev–Trinajstić information content (AvgIpc) is 3.03. The molecule has 0 spiro atoms. The first kappa shape index (κ1) is 16.1. The van der Waals surface area contributed by atoms with E-state index in [1.165, 1.54) is 0 Å². The highest BCUT2D eigenvalue weighted by Gasteiger charge is 2.13. The molecule has 2 aromatic heterocycles. The Hall–Kier alpha value is -3.41. The molecule has 4 rings (SSSR count). The van der Waals surface area contributed by atoms with Crippen LogP contribution in [0.3, 0.4) is 0 Å². The lowest BCUT2D eigenvalue weighted by Crippen LogP contribution is -2.27. The van der Waals surface area contributed by atoms with Gasteiger partial charge in [-0.2, -0.15) is 0 Å². The van der Waals surface area contributed by atoms with E-state index in [9.17, 15) is 9.59 Å². The highest BCUT2D eigenvalue weighted by molar-refractivity contribution is 5.96. The number of carbonyl (C=O) groups is 1. The maximum atomic E-state index is 12.5. The molecule has 2 heterocycles. The number of hydrogen-bond donors (Lipinski definition) is 2. The van der Waals surface area contributed by atoms with Gasteiger partial charge in [0.1, 0.15) is 11.5 Å². The van der Waals surface area contributed by atoms with Gasteiger partial charge >= 0.3 is 0 Å². The topological polar surface area (TPSA) is 79.8 Å². The molecule has 0 atom stereocenters. The van der Waals surface area contributed by atoms with Gasteiger partial charge < -0.3 is 14.9 Å². The van der Waals surface area contributed by atoms with Crippen LogP contribution in [0.4, 0.5) is 0 Å². The van der Waals surface area contributed by atoms with E-state index >= 15 is 0 Å². The number of carbonyl (C=O) groups excluding carboxylic acids is 1. The molecule has 0 saturated carbocycles. The lowest BCUT2D eigenvalue weighted by Gasteiger charge is -2.08. The number of hydrogen-bond acceptors (Lipinski definition) is 3. The second-order valence-corrected chi connectivity index (χ2v) is 6.04. The number of H-pyrrole nitrogens is 1. The standard InChI is InChI=1S/C20H18N4O2/c1-2-24-17-10-6-5-9-15(17)22-18(24)12-21-20(26)16-11-13-7-3-4-8-14(13)19(25)23-16/h3-11H,2,12H2,1H3,(H,21,26)(H,23,25). The summed E-state index contributed by atoms with van der Waals surface area (Å²) in [5, 5.41) is 4.16. The minimum Gasteiger partial charge on any atom is -0.344 e. The van der Waals surface area contributed by atoms with Crippen molar-refractivity contribution in [1.29, 1.82) is 0 Å². The summed E-state index contributed by atoms with van der Waals surface area (Å²) in [5.74, 6) is 0.452. The van der Waals surface area contributed by atoms with Crippen molar-refractivity contribution in [2.75, 3.05) is 0 Å². The summed E-state index contributed by atoms with van der Waals surface area (Å²) in [5.41, 5.74) is 1.91. The Bertz CT molecular complexity index is 1170. The van der Waals surface area contributed by atoms with Crippen LogP contribution in [-0.2, 0) is 13.1 Å². The van der Waals surface area contributed by atoms with Crippen LogP contribution in [0.1, 0.15) is 23.2 Å². The van der Waals surface area contributed by atoms with Crippen molar-refractivity contribution in [3.05, 3.63) is 76.5 Å². The van der Waals surface area contributed by atoms with Crippen molar-refractivity contribution < 1.29 is 4.79 Å². The molecule has 2 N–H and O–H groups in total. The lowest BCUT2D eigenvalue weighted by atomic mass is 10.1. The molecule has 6 heteroatoms. The zero-order valence-corrected chi connectivity index (χ0v) is 14.3. The Labute approximate surface area is 149 Å². The van der Waals surface area contributed by atoms with Gasteiger partial charge in [0.05, 0.1) is 17.6 Å². The minimum absolute atomic E-state index is 0.243. The highest BCUT2D eigenvalue weighted by atomic mass is 16.2. The van der Waals surface area contributed by atoms with E-state index in [1.807, 2.05) is 43.3 Å². The molecule has 130 valence electrons. The van der Waals surface area contributed by atoms with Gasteiger partial charge in [0.2, 0.25) is 0 Å². The van der Waals surface area contributed by atoms with Gasteiger partial charge in [-0.25, -0.2) is 4.98 Å². The monoisotopic (exact) mass is 346 g/mol. The van der Waals surface area contributed by atoms with Crippen LogP contribution in [-0.4, -0.2) is 20.4 Å². The molecule has 0 unspecified atom stereocenters. The van der Waals surface area contributed by atoms with Gasteiger partial charge in [0.15, 0.2) is 0 Å². The average molecular weight is 346 g/mol. The molecule has 0 bridgehead atoms. The molecule has 1 amide bonds. The maximum Gasteiger partial charge on any atom is 0.268 e. The Balaban J connectivity index is 1.61. The smallest absolute Gasteiger partial charge is 0.268 e. The highest BCUT2D eigenvalue weighted by Crippen LogP contribution is 2.16. The minimum atomic E-state index is -0.331. The fourth-order valence-corrected chi connectivity index (χ4v) is 3.20. The molecule has 0 saturated heterocycles. The third-order valence-corrected chi connectivity index (χ3v) is 4.45. The second kappa shape index (κ2) is 6.48. The summed E-state index contributed by atoms with van der Waals surface area (Å²) >= 11 is 0. The number of fused-ring (bicyclic) bond motifs is 2. The summed E-state index contributed by atoms with van der Waals surface area (Å²) in [6, 6.07) is 16.8. The summed E-state index contributed by atoms with van der Waals surface area (Å²) in [4.78, 5) is 31.9. The van der Waals surface area contributed by atoms with E-state index in [2.05, 4.69) is 19.9 Å². The third-order valence-electron chi connectivity index (χ3n) is 4.45. The molecule has 0 aliphatic carbocycles. The molecular formula is C20H18N4O2. The number of rotatable bonds is 4. The predicted octanol–water partition coefficient (Wildman–Crippen LogP) is 2.83. The fourth-order valence-electron chi connectivity index (χ4n) is 3.20. The van der Waals surface area contributed by atoms with Gasteiger partial charge in [-0.3, -0.25) is 9.59 Å². The van der Waals surface area contributed by atoms with E-state index < -0.39 is 0 Å². The van der Waals surface area contributed by atoms with Gasteiger partial charge in [0.25, 0.3) is 11.5 Å². The molecule has 2 aromatic carbocycles. The van der Waals surface area contributed by atoms with Crippen LogP contribution in [0.15, 0.2) is 59.4 Å². The molecule has 0 radical (unpaired) electrons. The lowest BCUT2D eigenvalue weighted by molar-refractivity contribution is 0.0944. The first-order chi connectivity index (χ1) is 12.7. The van der Waals surface area contributed by atoms with Gasteiger partial charge in [-0.15, -0.1) is 0 Å². The van der Waals surface area contributed by atoms with Crippen LogP contribution in [0.5, 0.6) is 0 Å². The van der Waals surface area contributed by atoms with E-state index in [4.69, 9.17) is 0 Å². The molecule has 0 fully saturated rings. The molecule has 0 aliphatic rings.